The van der Waals surface area contributed by atoms with Crippen molar-refractivity contribution in [2.45, 2.75) is 13.5 Å². The molecule has 6 nitrogen and oxygen atoms in total. The van der Waals surface area contributed by atoms with Crippen molar-refractivity contribution in [3.05, 3.63) is 59.7 Å². The third kappa shape index (κ3) is 6.06. The van der Waals surface area contributed by atoms with E-state index in [1.54, 1.807) is 36.2 Å². The zero-order valence-electron chi connectivity index (χ0n) is 16.3. The predicted molar refractivity (Wildman–Crippen MR) is 107 cm³/mol. The topological polar surface area (TPSA) is 71.8 Å². The van der Waals surface area contributed by atoms with Crippen LogP contribution in [0.15, 0.2) is 48.5 Å². The van der Waals surface area contributed by atoms with E-state index in [9.17, 15) is 4.79 Å². The summed E-state index contributed by atoms with van der Waals surface area (Å²) in [6.07, 6.45) is 3.23. The molecule has 0 aliphatic rings. The van der Waals surface area contributed by atoms with Crippen molar-refractivity contribution < 1.29 is 19.0 Å². The first kappa shape index (κ1) is 20.8. The molecule has 0 radical (unpaired) electrons. The lowest BCUT2D eigenvalue weighted by Gasteiger charge is -2.15. The quantitative estimate of drug-likeness (QED) is 0.621. The van der Waals surface area contributed by atoms with Gasteiger partial charge in [-0.1, -0.05) is 18.2 Å². The Kier molecular flexibility index (Phi) is 7.92. The van der Waals surface area contributed by atoms with E-state index in [2.05, 4.69) is 0 Å². The van der Waals surface area contributed by atoms with E-state index in [-0.39, 0.29) is 12.5 Å². The number of benzene rings is 2. The fraction of sp³-hybridized carbons (Fsp3) is 0.273. The molecular weight excluding hydrogens is 356 g/mol. The number of hydrogen-bond acceptors (Lipinski definition) is 5. The van der Waals surface area contributed by atoms with Gasteiger partial charge in [-0.3, -0.25) is 4.79 Å². The number of amides is 1. The Labute approximate surface area is 165 Å². The van der Waals surface area contributed by atoms with Crippen LogP contribution in [0, 0.1) is 11.3 Å². The Hall–Kier alpha value is -3.46. The molecule has 0 aliphatic heterocycles. The van der Waals surface area contributed by atoms with Crippen molar-refractivity contribution in [1.82, 2.24) is 4.90 Å². The van der Waals surface area contributed by atoms with Crippen molar-refractivity contribution in [2.75, 3.05) is 27.4 Å². The molecule has 0 atom stereocenters. The Balaban J connectivity index is 1.98. The van der Waals surface area contributed by atoms with Gasteiger partial charge in [-0.15, -0.1) is 0 Å². The molecule has 2 rings (SSSR count). The Morgan fingerprint density at radius 2 is 1.89 bits per heavy atom. The van der Waals surface area contributed by atoms with Crippen molar-refractivity contribution in [3.63, 3.8) is 0 Å². The second-order valence-corrected chi connectivity index (χ2v) is 5.96. The minimum absolute atomic E-state index is 0.0552. The lowest BCUT2D eigenvalue weighted by molar-refractivity contribution is -0.125. The largest absolute Gasteiger partial charge is 0.494 e. The first-order chi connectivity index (χ1) is 13.6. The fourth-order valence-corrected chi connectivity index (χ4v) is 2.52. The maximum absolute atomic E-state index is 12.4. The maximum atomic E-state index is 12.4. The van der Waals surface area contributed by atoms with E-state index in [0.29, 0.717) is 24.7 Å². The van der Waals surface area contributed by atoms with Gasteiger partial charge in [0.15, 0.2) is 18.1 Å². The standard InChI is InChI=1S/C22H24N2O4/c1-4-27-19-9-5-18(6-10-19)16-24(2)22(25)12-8-17-7-11-20(28-14-13-23)21(15-17)26-3/h5-12,15H,4,14,16H2,1-3H3/b12-8+. The van der Waals surface area contributed by atoms with E-state index in [1.165, 1.54) is 13.2 Å². The number of carbonyl (C=O) groups is 1. The molecule has 0 bridgehead atoms. The van der Waals surface area contributed by atoms with Crippen molar-refractivity contribution in [1.29, 1.82) is 5.26 Å². The molecule has 2 aromatic carbocycles. The summed E-state index contributed by atoms with van der Waals surface area (Å²) < 4.78 is 16.0. The third-order valence-electron chi connectivity index (χ3n) is 3.93. The van der Waals surface area contributed by atoms with E-state index < -0.39 is 0 Å². The summed E-state index contributed by atoms with van der Waals surface area (Å²) in [5, 5.41) is 8.61. The number of rotatable bonds is 9. The third-order valence-corrected chi connectivity index (χ3v) is 3.93. The summed E-state index contributed by atoms with van der Waals surface area (Å²) in [6.45, 7) is 3.01. The predicted octanol–water partition coefficient (Wildman–Crippen LogP) is 3.67. The Morgan fingerprint density at radius 3 is 2.54 bits per heavy atom. The monoisotopic (exact) mass is 380 g/mol. The van der Waals surface area contributed by atoms with Crippen LogP contribution in [0.5, 0.6) is 17.2 Å². The van der Waals surface area contributed by atoms with Gasteiger partial charge in [-0.05, 0) is 48.4 Å². The van der Waals surface area contributed by atoms with Gasteiger partial charge >= 0.3 is 0 Å². The number of carbonyl (C=O) groups excluding carboxylic acids is 1. The van der Waals surface area contributed by atoms with E-state index >= 15 is 0 Å². The minimum Gasteiger partial charge on any atom is -0.494 e. The second kappa shape index (κ2) is 10.6. The number of methoxy groups -OCH3 is 1. The van der Waals surface area contributed by atoms with Crippen LogP contribution in [0.1, 0.15) is 18.1 Å². The highest BCUT2D eigenvalue weighted by Crippen LogP contribution is 2.28. The molecule has 0 spiro atoms. The first-order valence-electron chi connectivity index (χ1n) is 8.90. The molecule has 0 N–H and O–H groups in total. The number of nitrogens with zero attached hydrogens (tertiary/aromatic N) is 2. The van der Waals surface area contributed by atoms with Crippen LogP contribution in [0.2, 0.25) is 0 Å². The van der Waals surface area contributed by atoms with Crippen LogP contribution in [0.3, 0.4) is 0 Å². The van der Waals surface area contributed by atoms with Crippen LogP contribution in [0.25, 0.3) is 6.08 Å². The molecule has 0 aliphatic carbocycles. The Morgan fingerprint density at radius 1 is 1.14 bits per heavy atom. The average Bonchev–Trinajstić information content (AvgIpc) is 2.72. The van der Waals surface area contributed by atoms with Gasteiger partial charge < -0.3 is 19.1 Å². The lowest BCUT2D eigenvalue weighted by atomic mass is 10.1. The highest BCUT2D eigenvalue weighted by Gasteiger charge is 2.08. The maximum Gasteiger partial charge on any atom is 0.246 e. The first-order valence-corrected chi connectivity index (χ1v) is 8.90. The van der Waals surface area contributed by atoms with E-state index in [1.807, 2.05) is 37.3 Å². The molecule has 2 aromatic rings. The second-order valence-electron chi connectivity index (χ2n) is 5.96. The molecular formula is C22H24N2O4. The molecule has 1 amide bonds. The van der Waals surface area contributed by atoms with Gasteiger partial charge in [-0.2, -0.15) is 5.26 Å². The van der Waals surface area contributed by atoms with Crippen molar-refractivity contribution in [2.24, 2.45) is 0 Å². The summed E-state index contributed by atoms with van der Waals surface area (Å²) in [6, 6.07) is 14.9. The molecule has 146 valence electrons. The van der Waals surface area contributed by atoms with E-state index in [0.717, 1.165) is 16.9 Å². The number of likely N-dealkylation sites (N-methyl/N-ethyl adjacent to an activating group) is 1. The zero-order valence-corrected chi connectivity index (χ0v) is 16.3. The molecule has 28 heavy (non-hydrogen) atoms. The van der Waals surface area contributed by atoms with Gasteiger partial charge in [0.25, 0.3) is 0 Å². The highest BCUT2D eigenvalue weighted by molar-refractivity contribution is 5.91. The normalized spacial score (nSPS) is 10.4. The van der Waals surface area contributed by atoms with Crippen LogP contribution in [0.4, 0.5) is 0 Å². The van der Waals surface area contributed by atoms with Gasteiger partial charge in [0.2, 0.25) is 5.91 Å². The van der Waals surface area contributed by atoms with Crippen LogP contribution >= 0.6 is 0 Å². The minimum atomic E-state index is -0.113. The fourth-order valence-electron chi connectivity index (χ4n) is 2.52. The molecule has 0 heterocycles. The molecule has 6 heteroatoms. The van der Waals surface area contributed by atoms with Crippen LogP contribution < -0.4 is 14.2 Å². The molecule has 0 fully saturated rings. The Bertz CT molecular complexity index is 854. The van der Waals surface area contributed by atoms with Gasteiger partial charge in [0.1, 0.15) is 11.8 Å². The van der Waals surface area contributed by atoms with Gasteiger partial charge in [-0.25, -0.2) is 0 Å². The SMILES string of the molecule is CCOc1ccc(CN(C)C(=O)/C=C/c2ccc(OCC#N)c(OC)c2)cc1. The lowest BCUT2D eigenvalue weighted by Crippen LogP contribution is -2.24. The van der Waals surface area contributed by atoms with Crippen molar-refractivity contribution in [3.8, 4) is 23.3 Å². The van der Waals surface area contributed by atoms with Gasteiger partial charge in [0, 0.05) is 19.7 Å². The number of nitriles is 1. The van der Waals surface area contributed by atoms with Crippen LogP contribution in [-0.4, -0.2) is 38.2 Å². The highest BCUT2D eigenvalue weighted by atomic mass is 16.5. The molecule has 0 saturated carbocycles. The smallest absolute Gasteiger partial charge is 0.246 e. The average molecular weight is 380 g/mol. The molecule has 0 saturated heterocycles. The van der Waals surface area contributed by atoms with Crippen LogP contribution in [-0.2, 0) is 11.3 Å². The number of ether oxygens (including phenoxy) is 3. The summed E-state index contributed by atoms with van der Waals surface area (Å²) in [4.78, 5) is 14.0. The van der Waals surface area contributed by atoms with Crippen molar-refractivity contribution >= 4 is 12.0 Å². The molecule has 0 unspecified atom stereocenters. The zero-order chi connectivity index (χ0) is 20.4. The summed E-state index contributed by atoms with van der Waals surface area (Å²) >= 11 is 0. The summed E-state index contributed by atoms with van der Waals surface area (Å²) in [5.74, 6) is 1.70. The molecule has 0 aromatic heterocycles. The number of hydrogen-bond donors (Lipinski definition) is 0. The summed E-state index contributed by atoms with van der Waals surface area (Å²) in [7, 11) is 3.28. The summed E-state index contributed by atoms with van der Waals surface area (Å²) in [5.41, 5.74) is 1.82. The van der Waals surface area contributed by atoms with Gasteiger partial charge in [0.05, 0.1) is 13.7 Å². The van der Waals surface area contributed by atoms with E-state index in [4.69, 9.17) is 19.5 Å².